The first-order chi connectivity index (χ1) is 5.62. The first-order valence-electron chi connectivity index (χ1n) is 4.39. The molecule has 0 aromatic rings. The van der Waals surface area contributed by atoms with E-state index in [0.29, 0.717) is 19.4 Å². The highest BCUT2D eigenvalue weighted by atomic mass is 19.3. The summed E-state index contributed by atoms with van der Waals surface area (Å²) < 4.78 is 30.9. The Morgan fingerprint density at radius 1 is 1.08 bits per heavy atom. The minimum absolute atomic E-state index is 0.0417. The molecule has 1 aliphatic carbocycles. The summed E-state index contributed by atoms with van der Waals surface area (Å²) in [6, 6.07) is 0. The van der Waals surface area contributed by atoms with Gasteiger partial charge in [-0.2, -0.15) is 0 Å². The number of halogens is 2. The zero-order chi connectivity index (χ0) is 8.66. The van der Waals surface area contributed by atoms with Crippen molar-refractivity contribution in [3.05, 3.63) is 0 Å². The molecule has 0 radical (unpaired) electrons. The van der Waals surface area contributed by atoms with Gasteiger partial charge in [0.15, 0.2) is 0 Å². The Bertz CT molecular complexity index is 166. The summed E-state index contributed by atoms with van der Waals surface area (Å²) in [5, 5.41) is 3.15. The molecule has 2 fully saturated rings. The summed E-state index contributed by atoms with van der Waals surface area (Å²) in [6.45, 7) is 1.46. The van der Waals surface area contributed by atoms with Gasteiger partial charge in [-0.1, -0.05) is 0 Å². The highest BCUT2D eigenvalue weighted by molar-refractivity contribution is 4.90. The van der Waals surface area contributed by atoms with E-state index in [-0.39, 0.29) is 12.8 Å². The smallest absolute Gasteiger partial charge is 0.248 e. The Morgan fingerprint density at radius 2 is 1.75 bits per heavy atom. The standard InChI is InChI=1S/C8H13F2NO/c9-7(10)1-3-8(4-2-7)11-5-6-12-8/h11H,1-6H2. The lowest BCUT2D eigenvalue weighted by Crippen LogP contribution is -2.46. The average Bonchev–Trinajstić information content (AvgIpc) is 2.46. The second-order valence-electron chi connectivity index (χ2n) is 3.63. The van der Waals surface area contributed by atoms with E-state index in [0.717, 1.165) is 6.54 Å². The van der Waals surface area contributed by atoms with Crippen molar-refractivity contribution in [2.75, 3.05) is 13.2 Å². The van der Waals surface area contributed by atoms with Crippen LogP contribution in [0.1, 0.15) is 25.7 Å². The molecular formula is C8H13F2NO. The molecule has 0 bridgehead atoms. The maximum Gasteiger partial charge on any atom is 0.248 e. The normalized spacial score (nSPS) is 32.5. The fourth-order valence-electron chi connectivity index (χ4n) is 1.92. The molecule has 1 N–H and O–H groups in total. The molecule has 1 aliphatic heterocycles. The van der Waals surface area contributed by atoms with Crippen molar-refractivity contribution in [1.82, 2.24) is 5.32 Å². The Labute approximate surface area is 70.3 Å². The van der Waals surface area contributed by atoms with Crippen molar-refractivity contribution in [2.45, 2.75) is 37.3 Å². The van der Waals surface area contributed by atoms with Crippen LogP contribution >= 0.6 is 0 Å². The van der Waals surface area contributed by atoms with Crippen LogP contribution in [0, 0.1) is 0 Å². The van der Waals surface area contributed by atoms with Crippen molar-refractivity contribution in [2.24, 2.45) is 0 Å². The van der Waals surface area contributed by atoms with E-state index in [1.165, 1.54) is 0 Å². The summed E-state index contributed by atoms with van der Waals surface area (Å²) in [5.74, 6) is -2.46. The van der Waals surface area contributed by atoms with Gasteiger partial charge in [-0.05, 0) is 12.8 Å². The summed E-state index contributed by atoms with van der Waals surface area (Å²) >= 11 is 0. The van der Waals surface area contributed by atoms with Crippen LogP contribution in [0.15, 0.2) is 0 Å². The van der Waals surface area contributed by atoms with E-state index < -0.39 is 11.6 Å². The minimum Gasteiger partial charge on any atom is -0.359 e. The number of hydrogen-bond acceptors (Lipinski definition) is 2. The first kappa shape index (κ1) is 8.38. The molecular weight excluding hydrogens is 164 g/mol. The lowest BCUT2D eigenvalue weighted by atomic mass is 9.89. The van der Waals surface area contributed by atoms with Crippen molar-refractivity contribution in [3.63, 3.8) is 0 Å². The number of ether oxygens (including phenoxy) is 1. The Hall–Kier alpha value is -0.220. The van der Waals surface area contributed by atoms with Crippen molar-refractivity contribution in [3.8, 4) is 0 Å². The third-order valence-electron chi connectivity index (χ3n) is 2.72. The second kappa shape index (κ2) is 2.64. The van der Waals surface area contributed by atoms with Crippen molar-refractivity contribution < 1.29 is 13.5 Å². The molecule has 1 saturated carbocycles. The molecule has 0 aromatic heterocycles. The summed E-state index contributed by atoms with van der Waals surface area (Å²) in [6.07, 6.45) is 0.806. The summed E-state index contributed by atoms with van der Waals surface area (Å²) in [7, 11) is 0. The quantitative estimate of drug-likeness (QED) is 0.605. The summed E-state index contributed by atoms with van der Waals surface area (Å²) in [5.41, 5.74) is -0.401. The van der Waals surface area contributed by atoms with Gasteiger partial charge in [-0.3, -0.25) is 5.32 Å². The van der Waals surface area contributed by atoms with Gasteiger partial charge in [0, 0.05) is 19.4 Å². The van der Waals surface area contributed by atoms with Gasteiger partial charge in [0.05, 0.1) is 6.61 Å². The fraction of sp³-hybridized carbons (Fsp3) is 1.00. The van der Waals surface area contributed by atoms with Crippen LogP contribution in [-0.2, 0) is 4.74 Å². The Kier molecular flexibility index (Phi) is 1.84. The van der Waals surface area contributed by atoms with E-state index in [4.69, 9.17) is 4.74 Å². The van der Waals surface area contributed by atoms with E-state index in [2.05, 4.69) is 5.32 Å². The lowest BCUT2D eigenvalue weighted by Gasteiger charge is -2.36. The zero-order valence-corrected chi connectivity index (χ0v) is 6.91. The van der Waals surface area contributed by atoms with Gasteiger partial charge < -0.3 is 4.74 Å². The van der Waals surface area contributed by atoms with Crippen LogP contribution in [0.3, 0.4) is 0 Å². The predicted molar refractivity (Wildman–Crippen MR) is 40.1 cm³/mol. The highest BCUT2D eigenvalue weighted by Gasteiger charge is 2.45. The van der Waals surface area contributed by atoms with Crippen LogP contribution in [0.2, 0.25) is 0 Å². The molecule has 2 rings (SSSR count). The van der Waals surface area contributed by atoms with Crippen molar-refractivity contribution in [1.29, 1.82) is 0 Å². The molecule has 0 unspecified atom stereocenters. The minimum atomic E-state index is -2.46. The predicted octanol–water partition coefficient (Wildman–Crippen LogP) is 1.51. The first-order valence-corrected chi connectivity index (χ1v) is 4.39. The molecule has 2 nitrogen and oxygen atoms in total. The van der Waals surface area contributed by atoms with Crippen molar-refractivity contribution >= 4 is 0 Å². The average molecular weight is 177 g/mol. The van der Waals surface area contributed by atoms with Gasteiger partial charge in [-0.25, -0.2) is 8.78 Å². The van der Waals surface area contributed by atoms with Crippen LogP contribution in [-0.4, -0.2) is 24.8 Å². The third kappa shape index (κ3) is 1.45. The van der Waals surface area contributed by atoms with Crippen LogP contribution in [0.4, 0.5) is 8.78 Å². The monoisotopic (exact) mass is 177 g/mol. The maximum absolute atomic E-state index is 12.8. The summed E-state index contributed by atoms with van der Waals surface area (Å²) in [4.78, 5) is 0. The van der Waals surface area contributed by atoms with Gasteiger partial charge in [0.1, 0.15) is 5.72 Å². The number of nitrogens with one attached hydrogen (secondary N) is 1. The molecule has 0 atom stereocenters. The van der Waals surface area contributed by atoms with Crippen LogP contribution in [0.25, 0.3) is 0 Å². The molecule has 1 spiro atoms. The molecule has 1 heterocycles. The van der Waals surface area contributed by atoms with E-state index in [1.807, 2.05) is 0 Å². The van der Waals surface area contributed by atoms with Crippen LogP contribution in [0.5, 0.6) is 0 Å². The second-order valence-corrected chi connectivity index (χ2v) is 3.63. The molecule has 1 saturated heterocycles. The molecule has 12 heavy (non-hydrogen) atoms. The maximum atomic E-state index is 12.8. The highest BCUT2D eigenvalue weighted by Crippen LogP contribution is 2.39. The van der Waals surface area contributed by atoms with Gasteiger partial charge in [0.2, 0.25) is 5.92 Å². The molecule has 0 aromatic carbocycles. The fourth-order valence-corrected chi connectivity index (χ4v) is 1.92. The van der Waals surface area contributed by atoms with Gasteiger partial charge in [0.25, 0.3) is 0 Å². The molecule has 2 aliphatic rings. The number of hydrogen-bond donors (Lipinski definition) is 1. The van der Waals surface area contributed by atoms with E-state index >= 15 is 0 Å². The Morgan fingerprint density at radius 3 is 2.25 bits per heavy atom. The van der Waals surface area contributed by atoms with E-state index in [9.17, 15) is 8.78 Å². The third-order valence-corrected chi connectivity index (χ3v) is 2.72. The molecule has 4 heteroatoms. The molecule has 70 valence electrons. The van der Waals surface area contributed by atoms with Gasteiger partial charge >= 0.3 is 0 Å². The topological polar surface area (TPSA) is 21.3 Å². The van der Waals surface area contributed by atoms with E-state index in [1.54, 1.807) is 0 Å². The Balaban J connectivity index is 1.97. The number of alkyl halides is 2. The lowest BCUT2D eigenvalue weighted by molar-refractivity contribution is -0.118. The largest absolute Gasteiger partial charge is 0.359 e. The zero-order valence-electron chi connectivity index (χ0n) is 6.91. The SMILES string of the molecule is FC1(F)CCC2(CC1)NCCO2. The van der Waals surface area contributed by atoms with Crippen LogP contribution < -0.4 is 5.32 Å². The van der Waals surface area contributed by atoms with Gasteiger partial charge in [-0.15, -0.1) is 0 Å². The number of rotatable bonds is 0. The molecule has 0 amide bonds.